The minimum absolute atomic E-state index is 0.0491. The second kappa shape index (κ2) is 10.9. The zero-order valence-electron chi connectivity index (χ0n) is 23.8. The molecule has 2 aromatic carbocycles. The summed E-state index contributed by atoms with van der Waals surface area (Å²) in [5.41, 5.74) is 2.72. The molecule has 1 fully saturated rings. The highest BCUT2D eigenvalue weighted by Crippen LogP contribution is 2.39. The molecule has 2 aromatic heterocycles. The van der Waals surface area contributed by atoms with Crippen molar-refractivity contribution in [3.63, 3.8) is 0 Å². The first-order chi connectivity index (χ1) is 20.0. The molecule has 0 bridgehead atoms. The number of thiophene rings is 1. The molecule has 9 nitrogen and oxygen atoms in total. The number of hydrogen-bond acceptors (Lipinski definition) is 8. The number of carbonyl (C=O) groups excluding carboxylic acids is 2. The van der Waals surface area contributed by atoms with Crippen LogP contribution in [0.1, 0.15) is 61.5 Å². The van der Waals surface area contributed by atoms with Gasteiger partial charge in [0.1, 0.15) is 16.2 Å². The van der Waals surface area contributed by atoms with Crippen molar-refractivity contribution in [3.8, 4) is 17.0 Å². The molecule has 4 aromatic rings. The Morgan fingerprint density at radius 2 is 1.83 bits per heavy atom. The van der Waals surface area contributed by atoms with Crippen molar-refractivity contribution < 1.29 is 26.9 Å². The smallest absolute Gasteiger partial charge is 0.419 e. The zero-order chi connectivity index (χ0) is 29.6. The molecule has 6 rings (SSSR count). The van der Waals surface area contributed by atoms with E-state index in [0.717, 1.165) is 30.6 Å². The third-order valence-electron chi connectivity index (χ3n) is 7.48. The summed E-state index contributed by atoms with van der Waals surface area (Å²) in [6.07, 6.45) is 3.09. The van der Waals surface area contributed by atoms with E-state index in [0.29, 0.717) is 22.3 Å². The van der Waals surface area contributed by atoms with Crippen molar-refractivity contribution in [1.29, 1.82) is 0 Å². The molecule has 220 valence electrons. The maximum atomic E-state index is 13.6. The van der Waals surface area contributed by atoms with Gasteiger partial charge >= 0.3 is 16.2 Å². The number of nitrogens with zero attached hydrogens (tertiary/aromatic N) is 2. The molecule has 42 heavy (non-hydrogen) atoms. The Labute approximate surface area is 249 Å². The fraction of sp³-hybridized carbons (Fsp3) is 0.355. The molecule has 0 unspecified atom stereocenters. The second-order valence-corrected chi connectivity index (χ2v) is 14.0. The minimum atomic E-state index is -4.08. The Bertz CT molecular complexity index is 1780. The topological polar surface area (TPSA) is 107 Å². The SMILES string of the molecule is CC(C)(C)OC(=O)n1c(-c2ccc(OS(=O)(=O)c3ccsc3)c3c2C(=O)NC3)cc2cc(CN3CCCCC3)ccc21. The summed E-state index contributed by atoms with van der Waals surface area (Å²) in [7, 11) is -4.08. The lowest BCUT2D eigenvalue weighted by Crippen LogP contribution is -2.29. The van der Waals surface area contributed by atoms with Gasteiger partial charge in [0.15, 0.2) is 0 Å². The Morgan fingerprint density at radius 1 is 1.05 bits per heavy atom. The van der Waals surface area contributed by atoms with Crippen molar-refractivity contribution >= 4 is 44.4 Å². The van der Waals surface area contributed by atoms with Gasteiger partial charge in [-0.3, -0.25) is 9.69 Å². The zero-order valence-corrected chi connectivity index (χ0v) is 25.4. The number of nitrogens with one attached hydrogen (secondary N) is 1. The minimum Gasteiger partial charge on any atom is -0.443 e. The van der Waals surface area contributed by atoms with Gasteiger partial charge in [-0.25, -0.2) is 9.36 Å². The van der Waals surface area contributed by atoms with E-state index in [9.17, 15) is 18.0 Å². The summed E-state index contributed by atoms with van der Waals surface area (Å²) >= 11 is 1.25. The van der Waals surface area contributed by atoms with Crippen LogP contribution >= 0.6 is 11.3 Å². The average Bonchev–Trinajstić information content (AvgIpc) is 3.68. The van der Waals surface area contributed by atoms with Gasteiger partial charge in [0.2, 0.25) is 0 Å². The summed E-state index contributed by atoms with van der Waals surface area (Å²) < 4.78 is 38.5. The van der Waals surface area contributed by atoms with Gasteiger partial charge in [-0.05, 0) is 94.0 Å². The standard InChI is InChI=1S/C31H33N3O6S2/c1-31(2,3)39-30(36)34-25-9-7-20(18-33-12-5-4-6-13-33)15-21(25)16-26(34)23-8-10-27(24-17-32-29(35)28(23)24)40-42(37,38)22-11-14-41-19-22/h7-11,14-16,19H,4-6,12-13,17-18H2,1-3H3,(H,32,35). The highest BCUT2D eigenvalue weighted by molar-refractivity contribution is 7.87. The fourth-order valence-corrected chi connectivity index (χ4v) is 7.58. The molecule has 0 spiro atoms. The van der Waals surface area contributed by atoms with E-state index in [4.69, 9.17) is 8.92 Å². The predicted molar refractivity (Wildman–Crippen MR) is 161 cm³/mol. The maximum Gasteiger partial charge on any atom is 0.419 e. The Kier molecular flexibility index (Phi) is 7.36. The molecular formula is C31H33N3O6S2. The molecule has 2 aliphatic rings. The van der Waals surface area contributed by atoms with Crippen LogP contribution in [-0.4, -0.2) is 48.6 Å². The van der Waals surface area contributed by atoms with Gasteiger partial charge in [-0.2, -0.15) is 19.8 Å². The Balaban J connectivity index is 1.46. The molecule has 2 aliphatic heterocycles. The van der Waals surface area contributed by atoms with Gasteiger partial charge in [0, 0.05) is 35.0 Å². The molecule has 0 atom stereocenters. The van der Waals surface area contributed by atoms with Crippen molar-refractivity contribution in [3.05, 3.63) is 69.9 Å². The molecule has 0 saturated carbocycles. The molecule has 1 saturated heterocycles. The van der Waals surface area contributed by atoms with Crippen LogP contribution in [0.25, 0.3) is 22.2 Å². The first kappa shape index (κ1) is 28.4. The number of ether oxygens (including phenoxy) is 1. The average molecular weight is 608 g/mol. The molecule has 11 heteroatoms. The van der Waals surface area contributed by atoms with Gasteiger partial charge < -0.3 is 14.2 Å². The first-order valence-electron chi connectivity index (χ1n) is 14.0. The van der Waals surface area contributed by atoms with Crippen molar-refractivity contribution in [1.82, 2.24) is 14.8 Å². The highest BCUT2D eigenvalue weighted by Gasteiger charge is 2.32. The van der Waals surface area contributed by atoms with E-state index >= 15 is 0 Å². The van der Waals surface area contributed by atoms with E-state index in [2.05, 4.69) is 16.3 Å². The number of amides is 1. The van der Waals surface area contributed by atoms with E-state index in [1.165, 1.54) is 52.7 Å². The number of carbonyl (C=O) groups is 2. The molecule has 0 aliphatic carbocycles. The van der Waals surface area contributed by atoms with E-state index in [1.807, 2.05) is 18.2 Å². The fourth-order valence-electron chi connectivity index (χ4n) is 5.61. The number of aromatic nitrogens is 1. The van der Waals surface area contributed by atoms with Crippen LogP contribution in [0.5, 0.6) is 5.75 Å². The van der Waals surface area contributed by atoms with Crippen LogP contribution in [0, 0.1) is 0 Å². The first-order valence-corrected chi connectivity index (χ1v) is 16.4. The third kappa shape index (κ3) is 5.56. The number of fused-ring (bicyclic) bond motifs is 2. The van der Waals surface area contributed by atoms with Crippen LogP contribution < -0.4 is 9.50 Å². The summed E-state index contributed by atoms with van der Waals surface area (Å²) in [5.74, 6) is -0.299. The summed E-state index contributed by atoms with van der Waals surface area (Å²) in [6, 6.07) is 12.6. The number of rotatable bonds is 6. The van der Waals surface area contributed by atoms with Crippen molar-refractivity contribution in [2.45, 2.75) is 63.6 Å². The molecule has 1 amide bonds. The predicted octanol–water partition coefficient (Wildman–Crippen LogP) is 6.15. The second-order valence-electron chi connectivity index (χ2n) is 11.7. The van der Waals surface area contributed by atoms with Gasteiger partial charge in [0.25, 0.3) is 5.91 Å². The Hall–Kier alpha value is -3.67. The lowest BCUT2D eigenvalue weighted by molar-refractivity contribution is 0.0547. The van der Waals surface area contributed by atoms with Crippen LogP contribution in [-0.2, 0) is 27.9 Å². The van der Waals surface area contributed by atoms with Crippen molar-refractivity contribution in [2.24, 2.45) is 0 Å². The number of piperidine rings is 1. The third-order valence-corrected chi connectivity index (χ3v) is 9.54. The van der Waals surface area contributed by atoms with Crippen LogP contribution in [0.3, 0.4) is 0 Å². The van der Waals surface area contributed by atoms with Gasteiger partial charge in [-0.15, -0.1) is 0 Å². The Morgan fingerprint density at radius 3 is 2.55 bits per heavy atom. The lowest BCUT2D eigenvalue weighted by Gasteiger charge is -2.26. The van der Waals surface area contributed by atoms with E-state index in [1.54, 1.807) is 32.2 Å². The molecule has 4 heterocycles. The number of benzene rings is 2. The molecule has 1 N–H and O–H groups in total. The number of likely N-dealkylation sites (tertiary alicyclic amines) is 1. The normalized spacial score (nSPS) is 15.9. The monoisotopic (exact) mass is 607 g/mol. The molecule has 0 radical (unpaired) electrons. The summed E-state index contributed by atoms with van der Waals surface area (Å²) in [6.45, 7) is 8.48. The maximum absolute atomic E-state index is 13.6. The largest absolute Gasteiger partial charge is 0.443 e. The lowest BCUT2D eigenvalue weighted by atomic mass is 9.99. The van der Waals surface area contributed by atoms with Crippen LogP contribution in [0.15, 0.2) is 58.1 Å². The molecular weight excluding hydrogens is 574 g/mol. The summed E-state index contributed by atoms with van der Waals surface area (Å²) in [4.78, 5) is 29.3. The number of hydrogen-bond donors (Lipinski definition) is 1. The summed E-state index contributed by atoms with van der Waals surface area (Å²) in [5, 5.41) is 6.78. The van der Waals surface area contributed by atoms with E-state index < -0.39 is 21.8 Å². The van der Waals surface area contributed by atoms with Crippen LogP contribution in [0.4, 0.5) is 4.79 Å². The van der Waals surface area contributed by atoms with Crippen molar-refractivity contribution in [2.75, 3.05) is 13.1 Å². The van der Waals surface area contributed by atoms with Gasteiger partial charge in [-0.1, -0.05) is 12.5 Å². The van der Waals surface area contributed by atoms with Gasteiger partial charge in [0.05, 0.1) is 16.8 Å². The van der Waals surface area contributed by atoms with Crippen LogP contribution in [0.2, 0.25) is 0 Å². The quantitative estimate of drug-likeness (QED) is 0.262. The highest BCUT2D eigenvalue weighted by atomic mass is 32.2. The van der Waals surface area contributed by atoms with E-state index in [-0.39, 0.29) is 28.7 Å².